The summed E-state index contributed by atoms with van der Waals surface area (Å²) in [6.45, 7) is 3.09. The first-order valence-electron chi connectivity index (χ1n) is 6.99. The number of aliphatic hydroxyl groups excluding tert-OH is 1. The SMILES string of the molecule is CC(CO)(CCn1ncc2ccccc21)NC1CC1. The van der Waals surface area contributed by atoms with Gasteiger partial charge in [-0.3, -0.25) is 4.68 Å². The Bertz CT molecular complexity index is 561. The molecule has 4 nitrogen and oxygen atoms in total. The van der Waals surface area contributed by atoms with E-state index in [0.717, 1.165) is 18.5 Å². The van der Waals surface area contributed by atoms with E-state index in [-0.39, 0.29) is 12.1 Å². The zero-order valence-corrected chi connectivity index (χ0v) is 11.3. The van der Waals surface area contributed by atoms with Crippen LogP contribution in [0.15, 0.2) is 30.5 Å². The average molecular weight is 259 g/mol. The van der Waals surface area contributed by atoms with Crippen molar-refractivity contribution in [3.8, 4) is 0 Å². The van der Waals surface area contributed by atoms with Crippen LogP contribution in [0.4, 0.5) is 0 Å². The molecule has 102 valence electrons. The molecule has 1 aliphatic rings. The Kier molecular flexibility index (Phi) is 3.29. The van der Waals surface area contributed by atoms with E-state index < -0.39 is 0 Å². The summed E-state index contributed by atoms with van der Waals surface area (Å²) in [5.41, 5.74) is 0.961. The Hall–Kier alpha value is -1.39. The Morgan fingerprint density at radius 2 is 2.21 bits per heavy atom. The minimum Gasteiger partial charge on any atom is -0.394 e. The monoisotopic (exact) mass is 259 g/mol. The van der Waals surface area contributed by atoms with Crippen molar-refractivity contribution in [2.75, 3.05) is 6.61 Å². The molecule has 0 saturated heterocycles. The third-order valence-electron chi connectivity index (χ3n) is 3.91. The largest absolute Gasteiger partial charge is 0.394 e. The molecule has 2 aromatic rings. The molecule has 0 spiro atoms. The molecule has 2 N–H and O–H groups in total. The number of benzene rings is 1. The van der Waals surface area contributed by atoms with Crippen LogP contribution in [0.1, 0.15) is 26.2 Å². The Morgan fingerprint density at radius 3 is 2.95 bits per heavy atom. The van der Waals surface area contributed by atoms with Gasteiger partial charge in [-0.2, -0.15) is 5.10 Å². The number of para-hydroxylation sites is 1. The highest BCUT2D eigenvalue weighted by molar-refractivity contribution is 5.78. The zero-order chi connectivity index (χ0) is 13.3. The number of hydrogen-bond donors (Lipinski definition) is 2. The average Bonchev–Trinajstić information content (AvgIpc) is 3.14. The lowest BCUT2D eigenvalue weighted by Crippen LogP contribution is -2.47. The van der Waals surface area contributed by atoms with Gasteiger partial charge in [0.1, 0.15) is 0 Å². The van der Waals surface area contributed by atoms with E-state index in [1.807, 2.05) is 23.0 Å². The molecular formula is C15H21N3O. The van der Waals surface area contributed by atoms with Crippen LogP contribution in [0.2, 0.25) is 0 Å². The van der Waals surface area contributed by atoms with E-state index in [0.29, 0.717) is 6.04 Å². The number of aryl methyl sites for hydroxylation is 1. The molecule has 0 bridgehead atoms. The summed E-state index contributed by atoms with van der Waals surface area (Å²) in [6, 6.07) is 8.83. The van der Waals surface area contributed by atoms with E-state index in [1.165, 1.54) is 18.2 Å². The fraction of sp³-hybridized carbons (Fsp3) is 0.533. The van der Waals surface area contributed by atoms with Gasteiger partial charge in [0.25, 0.3) is 0 Å². The van der Waals surface area contributed by atoms with Crippen LogP contribution in [0.25, 0.3) is 10.9 Å². The quantitative estimate of drug-likeness (QED) is 0.833. The maximum absolute atomic E-state index is 9.61. The molecular weight excluding hydrogens is 238 g/mol. The zero-order valence-electron chi connectivity index (χ0n) is 11.3. The summed E-state index contributed by atoms with van der Waals surface area (Å²) in [6.07, 6.45) is 5.26. The van der Waals surface area contributed by atoms with Gasteiger partial charge in [-0.05, 0) is 32.3 Å². The normalized spacial score (nSPS) is 18.6. The second kappa shape index (κ2) is 4.94. The molecule has 0 radical (unpaired) electrons. The molecule has 4 heteroatoms. The Balaban J connectivity index is 1.70. The molecule has 1 aromatic carbocycles. The Morgan fingerprint density at radius 1 is 1.42 bits per heavy atom. The van der Waals surface area contributed by atoms with Crippen molar-refractivity contribution in [1.29, 1.82) is 0 Å². The molecule has 1 heterocycles. The molecule has 0 amide bonds. The van der Waals surface area contributed by atoms with Crippen LogP contribution in [-0.2, 0) is 6.54 Å². The molecule has 0 aliphatic heterocycles. The topological polar surface area (TPSA) is 50.1 Å². The number of rotatable bonds is 6. The standard InChI is InChI=1S/C15H21N3O/c1-15(11-19,17-13-6-7-13)8-9-18-14-5-3-2-4-12(14)10-16-18/h2-5,10,13,17,19H,6-9,11H2,1H3. The third-order valence-corrected chi connectivity index (χ3v) is 3.91. The second-order valence-electron chi connectivity index (χ2n) is 5.81. The van der Waals surface area contributed by atoms with Crippen molar-refractivity contribution in [3.05, 3.63) is 30.5 Å². The highest BCUT2D eigenvalue weighted by atomic mass is 16.3. The number of aliphatic hydroxyl groups is 1. The van der Waals surface area contributed by atoms with E-state index in [2.05, 4.69) is 29.5 Å². The highest BCUT2D eigenvalue weighted by Gasteiger charge is 2.31. The number of aromatic nitrogens is 2. The third kappa shape index (κ3) is 2.80. The summed E-state index contributed by atoms with van der Waals surface area (Å²) >= 11 is 0. The van der Waals surface area contributed by atoms with Gasteiger partial charge in [-0.1, -0.05) is 18.2 Å². The fourth-order valence-electron chi connectivity index (χ4n) is 2.47. The van der Waals surface area contributed by atoms with Gasteiger partial charge in [-0.25, -0.2) is 0 Å². The van der Waals surface area contributed by atoms with E-state index in [1.54, 1.807) is 0 Å². The summed E-state index contributed by atoms with van der Waals surface area (Å²) < 4.78 is 2.03. The first-order chi connectivity index (χ1) is 9.20. The molecule has 1 atom stereocenters. The molecule has 19 heavy (non-hydrogen) atoms. The molecule has 1 aliphatic carbocycles. The van der Waals surface area contributed by atoms with Crippen LogP contribution in [0.5, 0.6) is 0 Å². The summed E-state index contributed by atoms with van der Waals surface area (Å²) in [4.78, 5) is 0. The number of hydrogen-bond acceptors (Lipinski definition) is 3. The predicted molar refractivity (Wildman–Crippen MR) is 76.0 cm³/mol. The summed E-state index contributed by atoms with van der Waals surface area (Å²) in [5.74, 6) is 0. The first-order valence-corrected chi connectivity index (χ1v) is 6.99. The molecule has 1 saturated carbocycles. The summed E-state index contributed by atoms with van der Waals surface area (Å²) in [7, 11) is 0. The van der Waals surface area contributed by atoms with Gasteiger partial charge in [0.05, 0.1) is 18.3 Å². The van der Waals surface area contributed by atoms with Gasteiger partial charge < -0.3 is 10.4 Å². The molecule has 1 unspecified atom stereocenters. The highest BCUT2D eigenvalue weighted by Crippen LogP contribution is 2.24. The van der Waals surface area contributed by atoms with Crippen molar-refractivity contribution < 1.29 is 5.11 Å². The van der Waals surface area contributed by atoms with E-state index in [9.17, 15) is 5.11 Å². The van der Waals surface area contributed by atoms with Crippen molar-refractivity contribution in [2.24, 2.45) is 0 Å². The van der Waals surface area contributed by atoms with Gasteiger partial charge in [0.15, 0.2) is 0 Å². The molecule has 1 aromatic heterocycles. The maximum atomic E-state index is 9.61. The van der Waals surface area contributed by atoms with Crippen LogP contribution in [-0.4, -0.2) is 33.1 Å². The second-order valence-corrected chi connectivity index (χ2v) is 5.81. The van der Waals surface area contributed by atoms with Gasteiger partial charge in [0.2, 0.25) is 0 Å². The van der Waals surface area contributed by atoms with Crippen LogP contribution in [0, 0.1) is 0 Å². The van der Waals surface area contributed by atoms with Gasteiger partial charge in [-0.15, -0.1) is 0 Å². The Labute approximate surface area is 113 Å². The first kappa shape index (κ1) is 12.6. The number of nitrogens with one attached hydrogen (secondary N) is 1. The van der Waals surface area contributed by atoms with Crippen LogP contribution < -0.4 is 5.32 Å². The smallest absolute Gasteiger partial charge is 0.0682 e. The van der Waals surface area contributed by atoms with Gasteiger partial charge in [0, 0.05) is 23.5 Å². The minimum absolute atomic E-state index is 0.169. The van der Waals surface area contributed by atoms with Gasteiger partial charge >= 0.3 is 0 Å². The van der Waals surface area contributed by atoms with Crippen LogP contribution in [0.3, 0.4) is 0 Å². The number of nitrogens with zero attached hydrogens (tertiary/aromatic N) is 2. The maximum Gasteiger partial charge on any atom is 0.0682 e. The lowest BCUT2D eigenvalue weighted by Gasteiger charge is -2.29. The lowest BCUT2D eigenvalue weighted by atomic mass is 9.99. The van der Waals surface area contributed by atoms with E-state index in [4.69, 9.17) is 0 Å². The minimum atomic E-state index is -0.200. The molecule has 1 fully saturated rings. The molecule has 3 rings (SSSR count). The van der Waals surface area contributed by atoms with Crippen molar-refractivity contribution in [2.45, 2.75) is 44.3 Å². The predicted octanol–water partition coefficient (Wildman–Crippen LogP) is 1.93. The van der Waals surface area contributed by atoms with Crippen molar-refractivity contribution in [3.63, 3.8) is 0 Å². The van der Waals surface area contributed by atoms with Crippen LogP contribution >= 0.6 is 0 Å². The summed E-state index contributed by atoms with van der Waals surface area (Å²) in [5, 5.41) is 18.8. The van der Waals surface area contributed by atoms with E-state index >= 15 is 0 Å². The van der Waals surface area contributed by atoms with Crippen molar-refractivity contribution in [1.82, 2.24) is 15.1 Å². The van der Waals surface area contributed by atoms with Crippen molar-refractivity contribution >= 4 is 10.9 Å². The fourth-order valence-corrected chi connectivity index (χ4v) is 2.47. The lowest BCUT2D eigenvalue weighted by molar-refractivity contribution is 0.158. The number of fused-ring (bicyclic) bond motifs is 1.